The van der Waals surface area contributed by atoms with Crippen LogP contribution in [0.2, 0.25) is 5.02 Å². The average Bonchev–Trinajstić information content (AvgIpc) is 3.15. The maximum Gasteiger partial charge on any atom is 0.363 e. The molecule has 0 saturated heterocycles. The molecule has 1 aliphatic rings. The highest BCUT2D eigenvalue weighted by Gasteiger charge is 2.25. The predicted molar refractivity (Wildman–Crippen MR) is 127 cm³/mol. The summed E-state index contributed by atoms with van der Waals surface area (Å²) in [5.41, 5.74) is 1.29. The van der Waals surface area contributed by atoms with Crippen LogP contribution in [0.5, 0.6) is 11.5 Å². The zero-order valence-corrected chi connectivity index (χ0v) is 20.1. The number of esters is 1. The third-order valence-corrected chi connectivity index (χ3v) is 6.53. The number of methoxy groups -OCH3 is 1. The Morgan fingerprint density at radius 2 is 1.70 bits per heavy atom. The molecule has 3 aromatic carbocycles. The van der Waals surface area contributed by atoms with Gasteiger partial charge in [0.15, 0.2) is 17.2 Å². The first-order chi connectivity index (χ1) is 15.7. The fourth-order valence-corrected chi connectivity index (χ4v) is 4.22. The molecule has 0 bridgehead atoms. The summed E-state index contributed by atoms with van der Waals surface area (Å²) in [7, 11) is -2.72. The van der Waals surface area contributed by atoms with Gasteiger partial charge in [-0.15, -0.1) is 0 Å². The number of hydrogen-bond donors (Lipinski definition) is 0. The fourth-order valence-electron chi connectivity index (χ4n) is 2.89. The number of nitrogens with zero attached hydrogens (tertiary/aromatic N) is 1. The van der Waals surface area contributed by atoms with Crippen LogP contribution in [0, 0.1) is 0 Å². The van der Waals surface area contributed by atoms with Crippen molar-refractivity contribution in [3.63, 3.8) is 0 Å². The molecule has 3 aromatic rings. The van der Waals surface area contributed by atoms with Crippen molar-refractivity contribution in [1.29, 1.82) is 0 Å². The molecule has 0 aromatic heterocycles. The molecule has 168 valence electrons. The minimum absolute atomic E-state index is 0.0114. The third-order valence-electron chi connectivity index (χ3n) is 4.50. The molecule has 0 aliphatic carbocycles. The van der Waals surface area contributed by atoms with Crippen LogP contribution in [0.4, 0.5) is 0 Å². The molecule has 33 heavy (non-hydrogen) atoms. The van der Waals surface area contributed by atoms with E-state index in [2.05, 4.69) is 20.9 Å². The number of halogens is 2. The Morgan fingerprint density at radius 1 is 1.00 bits per heavy atom. The summed E-state index contributed by atoms with van der Waals surface area (Å²) in [6, 6.07) is 17.3. The Morgan fingerprint density at radius 3 is 2.36 bits per heavy atom. The summed E-state index contributed by atoms with van der Waals surface area (Å²) in [5.74, 6) is -0.259. The van der Waals surface area contributed by atoms with E-state index in [1.54, 1.807) is 18.2 Å². The standard InChI is InChI=1S/C23H15BrClNO6S/c1-30-21-13-14(2-11-20(21)32-33(28,29)18-9-7-17(25)8-10-18)12-19-23(27)31-22(26-19)15-3-5-16(24)6-4-15/h2-13H,1H3/b19-12-. The van der Waals surface area contributed by atoms with E-state index in [-0.39, 0.29) is 28.0 Å². The van der Waals surface area contributed by atoms with Gasteiger partial charge >= 0.3 is 16.1 Å². The lowest BCUT2D eigenvalue weighted by Gasteiger charge is -2.11. The zero-order valence-electron chi connectivity index (χ0n) is 17.0. The van der Waals surface area contributed by atoms with Gasteiger partial charge in [-0.1, -0.05) is 33.6 Å². The molecule has 4 rings (SSSR count). The monoisotopic (exact) mass is 547 g/mol. The molecular formula is C23H15BrClNO6S. The fraction of sp³-hybridized carbons (Fsp3) is 0.0435. The molecule has 0 atom stereocenters. The quantitative estimate of drug-likeness (QED) is 0.238. The zero-order chi connectivity index (χ0) is 23.6. The summed E-state index contributed by atoms with van der Waals surface area (Å²) in [6.07, 6.45) is 1.51. The molecule has 0 fully saturated rings. The van der Waals surface area contributed by atoms with E-state index in [1.807, 2.05) is 12.1 Å². The Labute approximate surface area is 203 Å². The normalized spacial score (nSPS) is 14.7. The van der Waals surface area contributed by atoms with E-state index < -0.39 is 16.1 Å². The minimum Gasteiger partial charge on any atom is -0.493 e. The van der Waals surface area contributed by atoms with Crippen LogP contribution in [0.1, 0.15) is 11.1 Å². The van der Waals surface area contributed by atoms with Crippen LogP contribution < -0.4 is 8.92 Å². The molecule has 0 N–H and O–H groups in total. The number of ether oxygens (including phenoxy) is 2. The lowest BCUT2D eigenvalue weighted by Crippen LogP contribution is -2.10. The van der Waals surface area contributed by atoms with Crippen LogP contribution in [0.3, 0.4) is 0 Å². The minimum atomic E-state index is -4.10. The summed E-state index contributed by atoms with van der Waals surface area (Å²) < 4.78 is 41.8. The van der Waals surface area contributed by atoms with E-state index in [0.29, 0.717) is 16.1 Å². The first-order valence-corrected chi connectivity index (χ1v) is 12.0. The van der Waals surface area contributed by atoms with Gasteiger partial charge in [-0.3, -0.25) is 0 Å². The third kappa shape index (κ3) is 5.27. The number of aliphatic imine (C=N–C) groups is 1. The Kier molecular flexibility index (Phi) is 6.55. The second kappa shape index (κ2) is 9.38. The summed E-state index contributed by atoms with van der Waals surface area (Å²) >= 11 is 9.16. The van der Waals surface area contributed by atoms with E-state index in [0.717, 1.165) is 4.47 Å². The number of hydrogen-bond acceptors (Lipinski definition) is 7. The van der Waals surface area contributed by atoms with E-state index in [4.69, 9.17) is 25.3 Å². The molecule has 7 nitrogen and oxygen atoms in total. The van der Waals surface area contributed by atoms with Crippen molar-refractivity contribution in [3.8, 4) is 11.5 Å². The number of benzene rings is 3. The van der Waals surface area contributed by atoms with Crippen LogP contribution in [0.15, 0.2) is 86.8 Å². The first-order valence-electron chi connectivity index (χ1n) is 9.42. The molecule has 0 amide bonds. The van der Waals surface area contributed by atoms with Crippen molar-refractivity contribution in [2.75, 3.05) is 7.11 Å². The molecular weight excluding hydrogens is 534 g/mol. The van der Waals surface area contributed by atoms with Gasteiger partial charge in [-0.05, 0) is 72.3 Å². The predicted octanol–water partition coefficient (Wildman–Crippen LogP) is 5.22. The number of carbonyl (C=O) groups excluding carboxylic acids is 1. The second-order valence-corrected chi connectivity index (χ2v) is 9.64. The molecule has 0 spiro atoms. The smallest absolute Gasteiger partial charge is 0.363 e. The van der Waals surface area contributed by atoms with Crippen LogP contribution >= 0.6 is 27.5 Å². The highest BCUT2D eigenvalue weighted by Crippen LogP contribution is 2.32. The van der Waals surface area contributed by atoms with E-state index >= 15 is 0 Å². The topological polar surface area (TPSA) is 91.3 Å². The van der Waals surface area contributed by atoms with Gasteiger partial charge < -0.3 is 13.7 Å². The summed E-state index contributed by atoms with van der Waals surface area (Å²) in [5, 5.41) is 0.403. The Bertz CT molecular complexity index is 1380. The van der Waals surface area contributed by atoms with Crippen LogP contribution in [0.25, 0.3) is 6.08 Å². The number of carbonyl (C=O) groups is 1. The molecule has 1 heterocycles. The van der Waals surface area contributed by atoms with Crippen molar-refractivity contribution >= 4 is 55.6 Å². The second-order valence-electron chi connectivity index (χ2n) is 6.74. The van der Waals surface area contributed by atoms with Gasteiger partial charge in [-0.25, -0.2) is 9.79 Å². The Hall–Kier alpha value is -3.14. The van der Waals surface area contributed by atoms with E-state index in [1.165, 1.54) is 49.6 Å². The van der Waals surface area contributed by atoms with Crippen molar-refractivity contribution < 1.29 is 26.9 Å². The van der Waals surface area contributed by atoms with Crippen molar-refractivity contribution in [1.82, 2.24) is 0 Å². The molecule has 1 aliphatic heterocycles. The number of cyclic esters (lactones) is 1. The van der Waals surface area contributed by atoms with Gasteiger partial charge in [0, 0.05) is 15.1 Å². The largest absolute Gasteiger partial charge is 0.493 e. The van der Waals surface area contributed by atoms with Gasteiger partial charge in [0.05, 0.1) is 7.11 Å². The van der Waals surface area contributed by atoms with Crippen molar-refractivity contribution in [2.24, 2.45) is 4.99 Å². The van der Waals surface area contributed by atoms with Crippen LogP contribution in [-0.2, 0) is 19.6 Å². The van der Waals surface area contributed by atoms with Crippen molar-refractivity contribution in [2.45, 2.75) is 4.90 Å². The average molecular weight is 549 g/mol. The van der Waals surface area contributed by atoms with E-state index in [9.17, 15) is 13.2 Å². The first kappa shape index (κ1) is 23.0. The summed E-state index contributed by atoms with van der Waals surface area (Å²) in [6.45, 7) is 0. The highest BCUT2D eigenvalue weighted by atomic mass is 79.9. The number of rotatable bonds is 6. The van der Waals surface area contributed by atoms with Gasteiger partial charge in [0.25, 0.3) is 0 Å². The summed E-state index contributed by atoms with van der Waals surface area (Å²) in [4.78, 5) is 16.5. The van der Waals surface area contributed by atoms with Gasteiger partial charge in [-0.2, -0.15) is 8.42 Å². The molecule has 0 saturated carbocycles. The van der Waals surface area contributed by atoms with Gasteiger partial charge in [0.2, 0.25) is 5.90 Å². The Balaban J connectivity index is 1.60. The lowest BCUT2D eigenvalue weighted by molar-refractivity contribution is -0.129. The van der Waals surface area contributed by atoms with Gasteiger partial charge in [0.1, 0.15) is 4.90 Å². The van der Waals surface area contributed by atoms with Crippen molar-refractivity contribution in [3.05, 3.63) is 93.0 Å². The van der Waals surface area contributed by atoms with Crippen LogP contribution in [-0.4, -0.2) is 27.4 Å². The molecule has 0 unspecified atom stereocenters. The molecule has 10 heteroatoms. The highest BCUT2D eigenvalue weighted by molar-refractivity contribution is 9.10. The SMILES string of the molecule is COc1cc(/C=C2\N=C(c3ccc(Br)cc3)OC2=O)ccc1OS(=O)(=O)c1ccc(Cl)cc1. The molecule has 0 radical (unpaired) electrons. The lowest BCUT2D eigenvalue weighted by atomic mass is 10.1. The maximum absolute atomic E-state index is 12.6. The maximum atomic E-state index is 12.6.